The first-order valence-electron chi connectivity index (χ1n) is 7.00. The third kappa shape index (κ3) is 4.54. The standard InChI is InChI=1S/C15H19BrN2O3/c16-12-4-2-1-3-10(12)9-18(11-5-6-11)15(21)13(17)7-8-14(19)20/h1-4,11,13H,5-9,17H2,(H,19,20). The highest BCUT2D eigenvalue weighted by Gasteiger charge is 2.35. The van der Waals surface area contributed by atoms with Crippen LogP contribution in [-0.4, -0.2) is 34.0 Å². The number of carbonyl (C=O) groups excluding carboxylic acids is 1. The average molecular weight is 355 g/mol. The van der Waals surface area contributed by atoms with Crippen molar-refractivity contribution in [3.05, 3.63) is 34.3 Å². The predicted molar refractivity (Wildman–Crippen MR) is 82.6 cm³/mol. The first-order valence-corrected chi connectivity index (χ1v) is 7.79. The van der Waals surface area contributed by atoms with Crippen LogP contribution in [-0.2, 0) is 16.1 Å². The highest BCUT2D eigenvalue weighted by molar-refractivity contribution is 9.10. The van der Waals surface area contributed by atoms with Crippen LogP contribution in [0.2, 0.25) is 0 Å². The van der Waals surface area contributed by atoms with Gasteiger partial charge in [0.25, 0.3) is 0 Å². The average Bonchev–Trinajstić information content (AvgIpc) is 3.27. The van der Waals surface area contributed by atoms with Crippen LogP contribution in [0.15, 0.2) is 28.7 Å². The maximum Gasteiger partial charge on any atom is 0.303 e. The summed E-state index contributed by atoms with van der Waals surface area (Å²) >= 11 is 3.48. The Morgan fingerprint density at radius 2 is 2.05 bits per heavy atom. The molecule has 0 bridgehead atoms. The maximum atomic E-state index is 12.4. The Morgan fingerprint density at radius 3 is 2.62 bits per heavy atom. The van der Waals surface area contributed by atoms with Crippen molar-refractivity contribution < 1.29 is 14.7 Å². The van der Waals surface area contributed by atoms with E-state index in [2.05, 4.69) is 15.9 Å². The highest BCUT2D eigenvalue weighted by Crippen LogP contribution is 2.30. The number of nitrogens with two attached hydrogens (primary N) is 1. The number of nitrogens with zero attached hydrogens (tertiary/aromatic N) is 1. The van der Waals surface area contributed by atoms with Crippen LogP contribution < -0.4 is 5.73 Å². The molecule has 0 saturated heterocycles. The zero-order valence-electron chi connectivity index (χ0n) is 11.7. The summed E-state index contributed by atoms with van der Waals surface area (Å²) in [4.78, 5) is 24.8. The molecular weight excluding hydrogens is 336 g/mol. The van der Waals surface area contributed by atoms with E-state index in [1.54, 1.807) is 4.90 Å². The zero-order chi connectivity index (χ0) is 15.4. The van der Waals surface area contributed by atoms with E-state index in [0.717, 1.165) is 22.9 Å². The number of carboxylic acids is 1. The van der Waals surface area contributed by atoms with Gasteiger partial charge < -0.3 is 15.7 Å². The Bertz CT molecular complexity index is 531. The molecule has 0 aliphatic heterocycles. The second-order valence-electron chi connectivity index (χ2n) is 5.33. The van der Waals surface area contributed by atoms with Crippen LogP contribution in [0.3, 0.4) is 0 Å². The number of rotatable bonds is 7. The largest absolute Gasteiger partial charge is 0.481 e. The number of hydrogen-bond acceptors (Lipinski definition) is 3. The van der Waals surface area contributed by atoms with Crippen molar-refractivity contribution in [2.45, 2.75) is 44.3 Å². The molecule has 114 valence electrons. The smallest absolute Gasteiger partial charge is 0.303 e. The van der Waals surface area contributed by atoms with E-state index in [1.807, 2.05) is 24.3 Å². The van der Waals surface area contributed by atoms with E-state index < -0.39 is 12.0 Å². The van der Waals surface area contributed by atoms with Gasteiger partial charge >= 0.3 is 5.97 Å². The van der Waals surface area contributed by atoms with Crippen molar-refractivity contribution in [2.24, 2.45) is 5.73 Å². The summed E-state index contributed by atoms with van der Waals surface area (Å²) in [6.45, 7) is 0.506. The van der Waals surface area contributed by atoms with Gasteiger partial charge in [-0.2, -0.15) is 0 Å². The zero-order valence-corrected chi connectivity index (χ0v) is 13.3. The number of aliphatic carboxylic acids is 1. The minimum atomic E-state index is -0.929. The van der Waals surface area contributed by atoms with Gasteiger partial charge in [-0.3, -0.25) is 9.59 Å². The van der Waals surface area contributed by atoms with Crippen molar-refractivity contribution in [1.29, 1.82) is 0 Å². The molecular formula is C15H19BrN2O3. The summed E-state index contributed by atoms with van der Waals surface area (Å²) < 4.78 is 0.961. The molecule has 1 amide bonds. The molecule has 0 heterocycles. The molecule has 21 heavy (non-hydrogen) atoms. The maximum absolute atomic E-state index is 12.4. The normalized spacial score (nSPS) is 15.5. The Hall–Kier alpha value is -1.40. The Balaban J connectivity index is 2.03. The van der Waals surface area contributed by atoms with Gasteiger partial charge in [0.05, 0.1) is 6.04 Å². The predicted octanol–water partition coefficient (Wildman–Crippen LogP) is 2.13. The summed E-state index contributed by atoms with van der Waals surface area (Å²) in [5, 5.41) is 8.69. The SMILES string of the molecule is NC(CCC(=O)O)C(=O)N(Cc1ccccc1Br)C1CC1. The van der Waals surface area contributed by atoms with Gasteiger partial charge in [0.1, 0.15) is 0 Å². The van der Waals surface area contributed by atoms with E-state index in [-0.39, 0.29) is 24.8 Å². The van der Waals surface area contributed by atoms with Crippen LogP contribution in [0.5, 0.6) is 0 Å². The lowest BCUT2D eigenvalue weighted by atomic mass is 10.1. The van der Waals surface area contributed by atoms with Gasteiger partial charge in [-0.1, -0.05) is 34.1 Å². The molecule has 0 aromatic heterocycles. The van der Waals surface area contributed by atoms with Crippen LogP contribution in [0, 0.1) is 0 Å². The minimum absolute atomic E-state index is 0.0829. The topological polar surface area (TPSA) is 83.6 Å². The van der Waals surface area contributed by atoms with Crippen molar-refractivity contribution in [1.82, 2.24) is 4.90 Å². The lowest BCUT2D eigenvalue weighted by Crippen LogP contribution is -2.44. The number of amides is 1. The second-order valence-corrected chi connectivity index (χ2v) is 6.18. The lowest BCUT2D eigenvalue weighted by Gasteiger charge is -2.26. The molecule has 0 radical (unpaired) electrons. The van der Waals surface area contributed by atoms with Crippen molar-refractivity contribution in [3.8, 4) is 0 Å². The van der Waals surface area contributed by atoms with Crippen LogP contribution in [0.4, 0.5) is 0 Å². The second kappa shape index (κ2) is 7.04. The molecule has 1 saturated carbocycles. The fourth-order valence-electron chi connectivity index (χ4n) is 2.20. The van der Waals surface area contributed by atoms with Gasteiger partial charge in [0, 0.05) is 23.5 Å². The summed E-state index contributed by atoms with van der Waals surface area (Å²) in [6, 6.07) is 7.25. The van der Waals surface area contributed by atoms with Crippen LogP contribution in [0.1, 0.15) is 31.2 Å². The molecule has 1 aliphatic rings. The summed E-state index contributed by atoms with van der Waals surface area (Å²) in [5.74, 6) is -1.09. The van der Waals surface area contributed by atoms with E-state index in [0.29, 0.717) is 6.54 Å². The quantitative estimate of drug-likeness (QED) is 0.785. The van der Waals surface area contributed by atoms with Crippen LogP contribution in [0.25, 0.3) is 0 Å². The third-order valence-electron chi connectivity index (χ3n) is 3.56. The van der Waals surface area contributed by atoms with Gasteiger partial charge in [-0.25, -0.2) is 0 Å². The summed E-state index contributed by atoms with van der Waals surface area (Å²) in [7, 11) is 0. The van der Waals surface area contributed by atoms with Crippen LogP contribution >= 0.6 is 15.9 Å². The summed E-state index contributed by atoms with van der Waals surface area (Å²) in [6.07, 6.45) is 2.07. The number of benzene rings is 1. The fourth-order valence-corrected chi connectivity index (χ4v) is 2.61. The monoisotopic (exact) mass is 354 g/mol. The Morgan fingerprint density at radius 1 is 1.38 bits per heavy atom. The molecule has 1 atom stereocenters. The van der Waals surface area contributed by atoms with Gasteiger partial charge in [0.15, 0.2) is 0 Å². The van der Waals surface area contributed by atoms with Gasteiger partial charge in [0.2, 0.25) is 5.91 Å². The van der Waals surface area contributed by atoms with E-state index in [1.165, 1.54) is 0 Å². The molecule has 1 fully saturated rings. The third-order valence-corrected chi connectivity index (χ3v) is 4.33. The number of halogens is 1. The fraction of sp³-hybridized carbons (Fsp3) is 0.467. The molecule has 0 spiro atoms. The van der Waals surface area contributed by atoms with Crippen molar-refractivity contribution >= 4 is 27.8 Å². The van der Waals surface area contributed by atoms with Gasteiger partial charge in [-0.05, 0) is 30.9 Å². The number of hydrogen-bond donors (Lipinski definition) is 2. The molecule has 1 unspecified atom stereocenters. The Kier molecular flexibility index (Phi) is 5.36. The Labute approximate surface area is 132 Å². The van der Waals surface area contributed by atoms with E-state index >= 15 is 0 Å². The van der Waals surface area contributed by atoms with Crippen molar-refractivity contribution in [3.63, 3.8) is 0 Å². The lowest BCUT2D eigenvalue weighted by molar-refractivity contribution is -0.138. The van der Waals surface area contributed by atoms with E-state index in [9.17, 15) is 9.59 Å². The van der Waals surface area contributed by atoms with Gasteiger partial charge in [-0.15, -0.1) is 0 Å². The highest BCUT2D eigenvalue weighted by atomic mass is 79.9. The first kappa shape index (κ1) is 16.0. The molecule has 1 aliphatic carbocycles. The first-order chi connectivity index (χ1) is 9.99. The molecule has 5 nitrogen and oxygen atoms in total. The van der Waals surface area contributed by atoms with E-state index in [4.69, 9.17) is 10.8 Å². The molecule has 6 heteroatoms. The minimum Gasteiger partial charge on any atom is -0.481 e. The molecule has 1 aromatic carbocycles. The number of carboxylic acid groups (broad SMARTS) is 1. The molecule has 3 N–H and O–H groups in total. The summed E-state index contributed by atoms with van der Waals surface area (Å²) in [5.41, 5.74) is 6.89. The molecule has 2 rings (SSSR count). The molecule has 1 aromatic rings. The number of carbonyl (C=O) groups is 2. The van der Waals surface area contributed by atoms with Crippen molar-refractivity contribution in [2.75, 3.05) is 0 Å².